The first kappa shape index (κ1) is 9.85. The highest BCUT2D eigenvalue weighted by Gasteiger charge is 2.43. The number of rotatable bonds is 0. The molecule has 0 spiro atoms. The molecule has 3 rings (SSSR count). The van der Waals surface area contributed by atoms with Crippen LogP contribution < -0.4 is 0 Å². The van der Waals surface area contributed by atoms with Crippen molar-refractivity contribution in [1.82, 2.24) is 5.01 Å². The Balaban J connectivity index is 2.16. The van der Waals surface area contributed by atoms with Crippen LogP contribution in [0.25, 0.3) is 0 Å². The topological polar surface area (TPSA) is 24.8 Å². The van der Waals surface area contributed by atoms with E-state index in [0.29, 0.717) is 6.73 Å². The second kappa shape index (κ2) is 3.08. The van der Waals surface area contributed by atoms with Crippen LogP contribution in [0.3, 0.4) is 0 Å². The van der Waals surface area contributed by atoms with Crippen molar-refractivity contribution in [3.05, 3.63) is 34.9 Å². The van der Waals surface area contributed by atoms with E-state index in [9.17, 15) is 0 Å². The third kappa shape index (κ3) is 1.28. The zero-order valence-electron chi connectivity index (χ0n) is 9.95. The first-order chi connectivity index (χ1) is 7.58. The Bertz CT molecular complexity index is 481. The maximum Gasteiger partial charge on any atom is 0.135 e. The summed E-state index contributed by atoms with van der Waals surface area (Å²) in [6.07, 6.45) is 0.941. The lowest BCUT2D eigenvalue weighted by atomic mass is 10.0. The molecule has 2 aliphatic rings. The SMILES string of the molecule is Cc1ccc2c(c1)CC1(C)OCN(C)N=C21. The van der Waals surface area contributed by atoms with Crippen LogP contribution in [-0.2, 0) is 11.2 Å². The maximum absolute atomic E-state index is 5.92. The minimum Gasteiger partial charge on any atom is -0.347 e. The molecule has 3 nitrogen and oxygen atoms in total. The highest BCUT2D eigenvalue weighted by molar-refractivity contribution is 6.10. The molecular weight excluding hydrogens is 200 g/mol. The fourth-order valence-electron chi connectivity index (χ4n) is 2.55. The zero-order chi connectivity index (χ0) is 11.3. The monoisotopic (exact) mass is 216 g/mol. The second-order valence-corrected chi connectivity index (χ2v) is 4.95. The fourth-order valence-corrected chi connectivity index (χ4v) is 2.55. The van der Waals surface area contributed by atoms with Crippen molar-refractivity contribution >= 4 is 5.71 Å². The number of benzene rings is 1. The minimum atomic E-state index is -0.220. The van der Waals surface area contributed by atoms with Crippen molar-refractivity contribution in [2.45, 2.75) is 25.9 Å². The van der Waals surface area contributed by atoms with Gasteiger partial charge in [0, 0.05) is 19.0 Å². The predicted molar refractivity (Wildman–Crippen MR) is 63.5 cm³/mol. The highest BCUT2D eigenvalue weighted by atomic mass is 16.5. The third-order valence-corrected chi connectivity index (χ3v) is 3.39. The standard InChI is InChI=1S/C13H16N2O/c1-9-4-5-11-10(6-9)7-13(2)12(11)14-15(3)8-16-13/h4-6H,7-8H2,1-3H3. The van der Waals surface area contributed by atoms with E-state index in [-0.39, 0.29) is 5.60 Å². The number of nitrogens with zero attached hydrogens (tertiary/aromatic N) is 2. The second-order valence-electron chi connectivity index (χ2n) is 4.95. The first-order valence-corrected chi connectivity index (χ1v) is 5.62. The van der Waals surface area contributed by atoms with Gasteiger partial charge in [-0.15, -0.1) is 0 Å². The lowest BCUT2D eigenvalue weighted by molar-refractivity contribution is -0.0502. The van der Waals surface area contributed by atoms with E-state index in [0.717, 1.165) is 12.1 Å². The summed E-state index contributed by atoms with van der Waals surface area (Å²) in [6, 6.07) is 6.55. The lowest BCUT2D eigenvalue weighted by Gasteiger charge is -2.33. The van der Waals surface area contributed by atoms with Gasteiger partial charge in [0.1, 0.15) is 18.0 Å². The molecule has 0 amide bonds. The Labute approximate surface area is 95.7 Å². The van der Waals surface area contributed by atoms with Gasteiger partial charge in [0.15, 0.2) is 0 Å². The average molecular weight is 216 g/mol. The summed E-state index contributed by atoms with van der Waals surface area (Å²) in [4.78, 5) is 0. The number of hydrazone groups is 1. The van der Waals surface area contributed by atoms with E-state index in [1.54, 1.807) is 0 Å². The Morgan fingerprint density at radius 3 is 3.06 bits per heavy atom. The van der Waals surface area contributed by atoms with E-state index in [1.165, 1.54) is 16.7 Å². The van der Waals surface area contributed by atoms with Gasteiger partial charge in [-0.2, -0.15) is 5.10 Å². The first-order valence-electron chi connectivity index (χ1n) is 5.62. The molecule has 1 unspecified atom stereocenters. The molecule has 0 aromatic heterocycles. The molecule has 1 aromatic carbocycles. The van der Waals surface area contributed by atoms with Crippen LogP contribution in [0, 0.1) is 6.92 Å². The van der Waals surface area contributed by atoms with E-state index in [1.807, 2.05) is 12.1 Å². The van der Waals surface area contributed by atoms with Gasteiger partial charge in [-0.1, -0.05) is 23.8 Å². The van der Waals surface area contributed by atoms with Gasteiger partial charge in [-0.25, -0.2) is 0 Å². The quantitative estimate of drug-likeness (QED) is 0.662. The molecule has 1 atom stereocenters. The molecule has 0 saturated heterocycles. The lowest BCUT2D eigenvalue weighted by Crippen LogP contribution is -2.44. The number of aryl methyl sites for hydroxylation is 1. The molecule has 0 bridgehead atoms. The van der Waals surface area contributed by atoms with Crippen molar-refractivity contribution < 1.29 is 4.74 Å². The van der Waals surface area contributed by atoms with E-state index >= 15 is 0 Å². The highest BCUT2D eigenvalue weighted by Crippen LogP contribution is 2.36. The van der Waals surface area contributed by atoms with Crippen molar-refractivity contribution in [1.29, 1.82) is 0 Å². The van der Waals surface area contributed by atoms with Gasteiger partial charge in [0.05, 0.1) is 0 Å². The predicted octanol–water partition coefficient (Wildman–Crippen LogP) is 1.93. The van der Waals surface area contributed by atoms with Crippen molar-refractivity contribution in [3.63, 3.8) is 0 Å². The molecule has 1 aliphatic carbocycles. The van der Waals surface area contributed by atoms with Gasteiger partial charge < -0.3 is 4.74 Å². The van der Waals surface area contributed by atoms with Crippen molar-refractivity contribution in [2.75, 3.05) is 13.8 Å². The van der Waals surface area contributed by atoms with Gasteiger partial charge in [-0.05, 0) is 19.4 Å². The minimum absolute atomic E-state index is 0.220. The van der Waals surface area contributed by atoms with Crippen LogP contribution in [0.5, 0.6) is 0 Å². The Morgan fingerprint density at radius 1 is 1.44 bits per heavy atom. The Kier molecular flexibility index (Phi) is 1.89. The van der Waals surface area contributed by atoms with E-state index < -0.39 is 0 Å². The summed E-state index contributed by atoms with van der Waals surface area (Å²) in [5, 5.41) is 6.47. The molecule has 1 aromatic rings. The summed E-state index contributed by atoms with van der Waals surface area (Å²) in [5.41, 5.74) is 4.77. The zero-order valence-corrected chi connectivity index (χ0v) is 9.95. The van der Waals surface area contributed by atoms with Crippen LogP contribution in [0.15, 0.2) is 23.3 Å². The normalized spacial score (nSPS) is 27.4. The van der Waals surface area contributed by atoms with Crippen LogP contribution in [0.1, 0.15) is 23.6 Å². The van der Waals surface area contributed by atoms with Gasteiger partial charge in [0.2, 0.25) is 0 Å². The fraction of sp³-hybridized carbons (Fsp3) is 0.462. The molecule has 0 N–H and O–H groups in total. The molecule has 0 saturated carbocycles. The maximum atomic E-state index is 5.92. The number of hydrogen-bond donors (Lipinski definition) is 0. The van der Waals surface area contributed by atoms with Crippen molar-refractivity contribution in [2.24, 2.45) is 5.10 Å². The average Bonchev–Trinajstić information content (AvgIpc) is 2.50. The molecular formula is C13H16N2O. The molecule has 16 heavy (non-hydrogen) atoms. The smallest absolute Gasteiger partial charge is 0.135 e. The van der Waals surface area contributed by atoms with Crippen molar-refractivity contribution in [3.8, 4) is 0 Å². The Morgan fingerprint density at radius 2 is 2.25 bits per heavy atom. The summed E-state index contributed by atoms with van der Waals surface area (Å²) >= 11 is 0. The van der Waals surface area contributed by atoms with Crippen LogP contribution in [0.2, 0.25) is 0 Å². The molecule has 3 heteroatoms. The largest absolute Gasteiger partial charge is 0.347 e. The molecule has 1 heterocycles. The van der Waals surface area contributed by atoms with Gasteiger partial charge in [-0.3, -0.25) is 5.01 Å². The molecule has 84 valence electrons. The third-order valence-electron chi connectivity index (χ3n) is 3.39. The molecule has 0 radical (unpaired) electrons. The summed E-state index contributed by atoms with van der Waals surface area (Å²) in [6.45, 7) is 4.83. The van der Waals surface area contributed by atoms with E-state index in [4.69, 9.17) is 4.74 Å². The number of ether oxygens (including phenoxy) is 1. The van der Waals surface area contributed by atoms with E-state index in [2.05, 4.69) is 37.1 Å². The summed E-state index contributed by atoms with van der Waals surface area (Å²) in [5.74, 6) is 0. The number of hydrogen-bond acceptors (Lipinski definition) is 3. The number of fused-ring (bicyclic) bond motifs is 3. The van der Waals surface area contributed by atoms with Crippen LogP contribution in [0.4, 0.5) is 0 Å². The molecule has 1 aliphatic heterocycles. The summed E-state index contributed by atoms with van der Waals surface area (Å²) < 4.78 is 5.92. The summed E-state index contributed by atoms with van der Waals surface area (Å²) in [7, 11) is 1.94. The molecule has 0 fully saturated rings. The van der Waals surface area contributed by atoms with Crippen LogP contribution >= 0.6 is 0 Å². The van der Waals surface area contributed by atoms with Crippen LogP contribution in [-0.4, -0.2) is 30.1 Å². The Hall–Kier alpha value is -1.35. The van der Waals surface area contributed by atoms with Gasteiger partial charge >= 0.3 is 0 Å². The van der Waals surface area contributed by atoms with Gasteiger partial charge in [0.25, 0.3) is 0 Å².